The van der Waals surface area contributed by atoms with Gasteiger partial charge in [0.15, 0.2) is 5.76 Å². The summed E-state index contributed by atoms with van der Waals surface area (Å²) in [5.41, 5.74) is -0.0100. The molecule has 2 saturated heterocycles. The lowest BCUT2D eigenvalue weighted by Crippen LogP contribution is -2.43. The van der Waals surface area contributed by atoms with Crippen molar-refractivity contribution in [3.63, 3.8) is 0 Å². The summed E-state index contributed by atoms with van der Waals surface area (Å²) >= 11 is 0. The largest absolute Gasteiger partial charge is 0.459 e. The maximum absolute atomic E-state index is 12.7. The molecule has 7 heteroatoms. The van der Waals surface area contributed by atoms with Crippen molar-refractivity contribution in [2.45, 2.75) is 13.0 Å². The Morgan fingerprint density at radius 1 is 1.36 bits per heavy atom. The summed E-state index contributed by atoms with van der Waals surface area (Å²) in [6, 6.07) is 3.48. The lowest BCUT2D eigenvalue weighted by molar-refractivity contribution is 0.0623. The fraction of sp³-hybridized carbons (Fsp3) is 0.556. The number of hydrogen-bond acceptors (Lipinski definition) is 5. The molecule has 2 aromatic rings. The number of aromatic nitrogens is 2. The van der Waals surface area contributed by atoms with Crippen LogP contribution in [0, 0.1) is 5.41 Å². The molecule has 25 heavy (non-hydrogen) atoms. The highest BCUT2D eigenvalue weighted by Crippen LogP contribution is 2.34. The highest BCUT2D eigenvalue weighted by molar-refractivity contribution is 5.91. The maximum atomic E-state index is 12.7. The molecule has 0 N–H and O–H groups in total. The number of ether oxygens (including phenoxy) is 1. The summed E-state index contributed by atoms with van der Waals surface area (Å²) in [5, 5.41) is 0. The molecule has 1 amide bonds. The Morgan fingerprint density at radius 3 is 3.04 bits per heavy atom. The van der Waals surface area contributed by atoms with Crippen molar-refractivity contribution < 1.29 is 13.9 Å². The molecule has 0 radical (unpaired) electrons. The molecular weight excluding hydrogens is 320 g/mol. The van der Waals surface area contributed by atoms with Gasteiger partial charge in [-0.15, -0.1) is 0 Å². The molecule has 134 valence electrons. The van der Waals surface area contributed by atoms with Gasteiger partial charge in [-0.25, -0.2) is 4.98 Å². The van der Waals surface area contributed by atoms with E-state index in [-0.39, 0.29) is 11.3 Å². The first-order valence-corrected chi connectivity index (χ1v) is 8.74. The van der Waals surface area contributed by atoms with E-state index in [9.17, 15) is 4.79 Å². The lowest BCUT2D eigenvalue weighted by atomic mass is 9.87. The van der Waals surface area contributed by atoms with Gasteiger partial charge in [-0.1, -0.05) is 0 Å². The van der Waals surface area contributed by atoms with Gasteiger partial charge in [-0.05, 0) is 25.1 Å². The van der Waals surface area contributed by atoms with E-state index in [1.165, 1.54) is 0 Å². The molecule has 4 rings (SSSR count). The van der Waals surface area contributed by atoms with Crippen molar-refractivity contribution in [2.24, 2.45) is 12.5 Å². The summed E-state index contributed by atoms with van der Waals surface area (Å²) in [4.78, 5) is 21.4. The first-order chi connectivity index (χ1) is 12.2. The maximum Gasteiger partial charge on any atom is 0.289 e. The molecule has 0 unspecified atom stereocenters. The Kier molecular flexibility index (Phi) is 4.35. The fourth-order valence-corrected chi connectivity index (χ4v) is 3.88. The minimum Gasteiger partial charge on any atom is -0.459 e. The number of hydrogen-bond donors (Lipinski definition) is 0. The van der Waals surface area contributed by atoms with Crippen molar-refractivity contribution in [3.8, 4) is 0 Å². The van der Waals surface area contributed by atoms with E-state index in [2.05, 4.69) is 14.5 Å². The molecule has 1 atom stereocenters. The van der Waals surface area contributed by atoms with Crippen LogP contribution in [-0.2, 0) is 18.3 Å². The number of amides is 1. The second-order valence-corrected chi connectivity index (χ2v) is 7.17. The predicted octanol–water partition coefficient (Wildman–Crippen LogP) is 1.38. The van der Waals surface area contributed by atoms with Crippen molar-refractivity contribution in [3.05, 3.63) is 42.4 Å². The van der Waals surface area contributed by atoms with Gasteiger partial charge in [-0.2, -0.15) is 0 Å². The lowest BCUT2D eigenvalue weighted by Gasteiger charge is -2.31. The van der Waals surface area contributed by atoms with Crippen LogP contribution >= 0.6 is 0 Å². The number of rotatable bonds is 3. The van der Waals surface area contributed by atoms with Crippen LogP contribution in [0.3, 0.4) is 0 Å². The van der Waals surface area contributed by atoms with Gasteiger partial charge in [-0.3, -0.25) is 9.69 Å². The molecular formula is C18H24N4O3. The topological polar surface area (TPSA) is 63.7 Å². The zero-order valence-electron chi connectivity index (χ0n) is 14.6. The van der Waals surface area contributed by atoms with E-state index >= 15 is 0 Å². The fourth-order valence-electron chi connectivity index (χ4n) is 3.88. The van der Waals surface area contributed by atoms with Crippen LogP contribution < -0.4 is 0 Å². The molecule has 0 aromatic carbocycles. The number of carbonyl (C=O) groups is 1. The Hall–Kier alpha value is -2.12. The third kappa shape index (κ3) is 3.34. The number of furan rings is 1. The molecule has 0 bridgehead atoms. The van der Waals surface area contributed by atoms with Crippen LogP contribution in [0.5, 0.6) is 0 Å². The molecule has 0 aliphatic carbocycles. The quantitative estimate of drug-likeness (QED) is 0.842. The molecule has 0 saturated carbocycles. The van der Waals surface area contributed by atoms with Crippen LogP contribution in [0.15, 0.2) is 35.2 Å². The Bertz CT molecular complexity index is 727. The van der Waals surface area contributed by atoms with Gasteiger partial charge in [0.2, 0.25) is 0 Å². The Morgan fingerprint density at radius 2 is 2.28 bits per heavy atom. The van der Waals surface area contributed by atoms with E-state index in [0.29, 0.717) is 32.1 Å². The van der Waals surface area contributed by atoms with Crippen molar-refractivity contribution in [1.82, 2.24) is 19.4 Å². The highest BCUT2D eigenvalue weighted by Gasteiger charge is 2.42. The van der Waals surface area contributed by atoms with Crippen LogP contribution in [0.1, 0.15) is 22.8 Å². The minimum atomic E-state index is -0.0440. The monoisotopic (exact) mass is 344 g/mol. The average molecular weight is 344 g/mol. The first-order valence-electron chi connectivity index (χ1n) is 8.74. The number of carbonyl (C=O) groups excluding carboxylic acids is 1. The molecule has 2 fully saturated rings. The van der Waals surface area contributed by atoms with Crippen LogP contribution in [0.25, 0.3) is 0 Å². The molecule has 2 aliphatic rings. The van der Waals surface area contributed by atoms with Gasteiger partial charge < -0.3 is 18.6 Å². The van der Waals surface area contributed by atoms with Gasteiger partial charge in [0.25, 0.3) is 5.91 Å². The molecule has 2 aliphatic heterocycles. The second kappa shape index (κ2) is 6.65. The smallest absolute Gasteiger partial charge is 0.289 e. The Labute approximate surface area is 147 Å². The van der Waals surface area contributed by atoms with Gasteiger partial charge in [0, 0.05) is 44.5 Å². The van der Waals surface area contributed by atoms with Gasteiger partial charge >= 0.3 is 0 Å². The average Bonchev–Trinajstić information content (AvgIpc) is 3.31. The molecule has 1 spiro atoms. The normalized spacial score (nSPS) is 24.8. The second-order valence-electron chi connectivity index (χ2n) is 7.17. The van der Waals surface area contributed by atoms with E-state index < -0.39 is 0 Å². The third-order valence-electron chi connectivity index (χ3n) is 5.26. The van der Waals surface area contributed by atoms with Crippen molar-refractivity contribution in [1.29, 1.82) is 0 Å². The van der Waals surface area contributed by atoms with Gasteiger partial charge in [0.05, 0.1) is 26.0 Å². The summed E-state index contributed by atoms with van der Waals surface area (Å²) in [5.74, 6) is 1.42. The van der Waals surface area contributed by atoms with Crippen molar-refractivity contribution in [2.75, 3.05) is 39.4 Å². The van der Waals surface area contributed by atoms with Crippen molar-refractivity contribution >= 4 is 5.91 Å². The predicted molar refractivity (Wildman–Crippen MR) is 91.0 cm³/mol. The Balaban J connectivity index is 1.45. The number of aryl methyl sites for hydroxylation is 1. The highest BCUT2D eigenvalue weighted by atomic mass is 16.5. The van der Waals surface area contributed by atoms with E-state index in [1.54, 1.807) is 18.4 Å². The summed E-state index contributed by atoms with van der Waals surface area (Å²) in [6.45, 7) is 5.35. The molecule has 2 aromatic heterocycles. The van der Waals surface area contributed by atoms with Crippen LogP contribution in [-0.4, -0.2) is 64.7 Å². The molecule has 7 nitrogen and oxygen atoms in total. The number of likely N-dealkylation sites (tertiary alicyclic amines) is 1. The van der Waals surface area contributed by atoms with E-state index in [1.807, 2.05) is 24.3 Å². The summed E-state index contributed by atoms with van der Waals surface area (Å²) in [6.07, 6.45) is 6.38. The standard InChI is InChI=1S/C18H24N4O3/c1-20-7-5-19-16(20)11-21-6-4-18(12-21)13-22(8-10-24-14-18)17(23)15-3-2-9-25-15/h2-3,5,7,9H,4,6,8,10-14H2,1H3/t18-/m1/s1. The van der Waals surface area contributed by atoms with E-state index in [0.717, 1.165) is 31.9 Å². The van der Waals surface area contributed by atoms with E-state index in [4.69, 9.17) is 9.15 Å². The zero-order valence-corrected chi connectivity index (χ0v) is 14.6. The SMILES string of the molecule is Cn1ccnc1CN1CC[C@@]2(COCCN(C(=O)c3ccco3)C2)C1. The zero-order chi connectivity index (χ0) is 17.3. The number of imidazole rings is 1. The van der Waals surface area contributed by atoms with Crippen LogP contribution in [0.2, 0.25) is 0 Å². The summed E-state index contributed by atoms with van der Waals surface area (Å²) < 4.78 is 13.2. The van der Waals surface area contributed by atoms with Gasteiger partial charge in [0.1, 0.15) is 5.82 Å². The summed E-state index contributed by atoms with van der Waals surface area (Å²) in [7, 11) is 2.02. The first kappa shape index (κ1) is 16.4. The van der Waals surface area contributed by atoms with Crippen LogP contribution in [0.4, 0.5) is 0 Å². The molecule has 4 heterocycles. The third-order valence-corrected chi connectivity index (χ3v) is 5.26. The minimum absolute atomic E-state index is 0.0100. The number of nitrogens with zero attached hydrogens (tertiary/aromatic N) is 4.